The summed E-state index contributed by atoms with van der Waals surface area (Å²) >= 11 is 1.58. The van der Waals surface area contributed by atoms with E-state index in [-0.39, 0.29) is 5.96 Å². The van der Waals surface area contributed by atoms with Crippen LogP contribution in [0.25, 0.3) is 10.6 Å². The molecule has 1 aromatic carbocycles. The molecule has 1 aromatic heterocycles. The van der Waals surface area contributed by atoms with Gasteiger partial charge in [0.05, 0.1) is 22.9 Å². The van der Waals surface area contributed by atoms with E-state index >= 15 is 0 Å². The molecular formula is C24H36N6OS. The lowest BCUT2D eigenvalue weighted by Crippen LogP contribution is -2.25. The summed E-state index contributed by atoms with van der Waals surface area (Å²) in [6, 6.07) is 8.14. The fourth-order valence-electron chi connectivity index (χ4n) is 3.89. The molecule has 174 valence electrons. The maximum Gasteiger partial charge on any atom is 0.211 e. The normalized spacial score (nSPS) is 15.4. The van der Waals surface area contributed by atoms with Gasteiger partial charge in [-0.3, -0.25) is 0 Å². The van der Waals surface area contributed by atoms with E-state index in [9.17, 15) is 0 Å². The van der Waals surface area contributed by atoms with Crippen LogP contribution >= 0.6 is 11.3 Å². The molecular weight excluding hydrogens is 420 g/mol. The van der Waals surface area contributed by atoms with Gasteiger partial charge in [0.2, 0.25) is 5.96 Å². The number of nitrogens with two attached hydrogens (primary N) is 2. The molecule has 32 heavy (non-hydrogen) atoms. The van der Waals surface area contributed by atoms with Gasteiger partial charge in [0, 0.05) is 5.56 Å². The van der Waals surface area contributed by atoms with Gasteiger partial charge in [-0.25, -0.2) is 4.98 Å². The Morgan fingerprint density at radius 3 is 2.44 bits per heavy atom. The van der Waals surface area contributed by atoms with E-state index in [1.807, 2.05) is 26.0 Å². The van der Waals surface area contributed by atoms with Crippen LogP contribution < -0.4 is 16.2 Å². The number of benzene rings is 1. The second kappa shape index (κ2) is 12.6. The second-order valence-electron chi connectivity index (χ2n) is 8.33. The third kappa shape index (κ3) is 7.60. The number of guanidine groups is 1. The first-order valence-electron chi connectivity index (χ1n) is 11.6. The van der Waals surface area contributed by atoms with Crippen LogP contribution in [0, 0.1) is 6.92 Å². The Morgan fingerprint density at radius 2 is 1.75 bits per heavy atom. The number of rotatable bonds is 10. The highest BCUT2D eigenvalue weighted by Crippen LogP contribution is 2.29. The van der Waals surface area contributed by atoms with Crippen molar-refractivity contribution in [2.24, 2.45) is 21.7 Å². The summed E-state index contributed by atoms with van der Waals surface area (Å²) in [4.78, 5) is 8.29. The highest BCUT2D eigenvalue weighted by Gasteiger charge is 2.12. The quantitative estimate of drug-likeness (QED) is 0.236. The van der Waals surface area contributed by atoms with Crippen LogP contribution in [0.15, 0.2) is 34.5 Å². The molecule has 0 bridgehead atoms. The van der Waals surface area contributed by atoms with Crippen LogP contribution in [0.2, 0.25) is 0 Å². The van der Waals surface area contributed by atoms with Crippen molar-refractivity contribution in [2.45, 2.75) is 58.8 Å². The predicted octanol–water partition coefficient (Wildman–Crippen LogP) is 4.54. The van der Waals surface area contributed by atoms with Crippen molar-refractivity contribution in [3.05, 3.63) is 34.8 Å². The summed E-state index contributed by atoms with van der Waals surface area (Å²) in [5, 5.41) is 8.74. The summed E-state index contributed by atoms with van der Waals surface area (Å²) in [6.07, 6.45) is 9.12. The van der Waals surface area contributed by atoms with Crippen LogP contribution in [-0.2, 0) is 0 Å². The molecule has 2 heterocycles. The van der Waals surface area contributed by atoms with Gasteiger partial charge in [-0.2, -0.15) is 5.10 Å². The molecule has 0 atom stereocenters. The summed E-state index contributed by atoms with van der Waals surface area (Å²) < 4.78 is 5.94. The number of aromatic nitrogens is 1. The van der Waals surface area contributed by atoms with Gasteiger partial charge in [-0.05, 0) is 89.9 Å². The van der Waals surface area contributed by atoms with Crippen molar-refractivity contribution < 1.29 is 4.74 Å². The average molecular weight is 457 g/mol. The number of unbranched alkanes of at least 4 members (excludes halogenated alkanes) is 2. The Labute approximate surface area is 195 Å². The van der Waals surface area contributed by atoms with Gasteiger partial charge < -0.3 is 21.1 Å². The van der Waals surface area contributed by atoms with Crippen molar-refractivity contribution in [1.29, 1.82) is 0 Å². The lowest BCUT2D eigenvalue weighted by molar-refractivity contribution is 0.266. The number of aryl methyl sites for hydroxylation is 1. The Balaban J connectivity index is 1.43. The van der Waals surface area contributed by atoms with Crippen molar-refractivity contribution in [3.8, 4) is 16.3 Å². The van der Waals surface area contributed by atoms with Gasteiger partial charge in [0.15, 0.2) is 0 Å². The first-order chi connectivity index (χ1) is 15.5. The smallest absolute Gasteiger partial charge is 0.211 e. The molecule has 0 radical (unpaired) electrons. The van der Waals surface area contributed by atoms with E-state index in [4.69, 9.17) is 16.2 Å². The fourth-order valence-corrected chi connectivity index (χ4v) is 4.90. The van der Waals surface area contributed by atoms with Crippen LogP contribution in [0.3, 0.4) is 0 Å². The number of thiazole rings is 1. The number of hydrogen-bond acceptors (Lipinski definition) is 6. The van der Waals surface area contributed by atoms with Crippen LogP contribution in [0.1, 0.15) is 62.4 Å². The zero-order valence-electron chi connectivity index (χ0n) is 19.3. The zero-order valence-corrected chi connectivity index (χ0v) is 20.2. The minimum absolute atomic E-state index is 0.0558. The van der Waals surface area contributed by atoms with Crippen molar-refractivity contribution in [2.75, 3.05) is 26.2 Å². The third-order valence-corrected chi connectivity index (χ3v) is 6.94. The average Bonchev–Trinajstić information content (AvgIpc) is 2.99. The first kappa shape index (κ1) is 24.2. The predicted molar refractivity (Wildman–Crippen MR) is 135 cm³/mol. The van der Waals surface area contributed by atoms with E-state index < -0.39 is 0 Å². The van der Waals surface area contributed by atoms with Crippen LogP contribution in [0.4, 0.5) is 0 Å². The fraction of sp³-hybridized carbons (Fsp3) is 0.542. The van der Waals surface area contributed by atoms with Crippen LogP contribution in [-0.4, -0.2) is 47.8 Å². The second-order valence-corrected chi connectivity index (χ2v) is 9.33. The Bertz CT molecular complexity index is 894. The monoisotopic (exact) mass is 456 g/mol. The van der Waals surface area contributed by atoms with Gasteiger partial charge in [-0.15, -0.1) is 16.4 Å². The molecule has 3 rings (SSSR count). The number of ether oxygens (including phenoxy) is 1. The summed E-state index contributed by atoms with van der Waals surface area (Å²) in [7, 11) is 0. The molecule has 2 aromatic rings. The SMILES string of the molecule is C/C(=N\N=C(N)N)c1sc(-c2ccc(OCCCCCN3CCCCCC3)cc2)nc1C. The Hall–Kier alpha value is -2.45. The molecule has 1 aliphatic heterocycles. The Kier molecular flexibility index (Phi) is 9.49. The molecule has 1 saturated heterocycles. The van der Waals surface area contributed by atoms with Gasteiger partial charge in [0.25, 0.3) is 0 Å². The molecule has 0 aliphatic carbocycles. The van der Waals surface area contributed by atoms with Crippen molar-refractivity contribution >= 4 is 23.0 Å². The van der Waals surface area contributed by atoms with Crippen molar-refractivity contribution in [3.63, 3.8) is 0 Å². The van der Waals surface area contributed by atoms with E-state index in [2.05, 4.69) is 32.2 Å². The molecule has 1 fully saturated rings. The van der Waals surface area contributed by atoms with E-state index in [0.29, 0.717) is 0 Å². The lowest BCUT2D eigenvalue weighted by atomic mass is 10.2. The molecule has 0 spiro atoms. The molecule has 0 saturated carbocycles. The highest BCUT2D eigenvalue weighted by atomic mass is 32.1. The molecule has 1 aliphatic rings. The van der Waals surface area contributed by atoms with Gasteiger partial charge in [-0.1, -0.05) is 12.8 Å². The lowest BCUT2D eigenvalue weighted by Gasteiger charge is -2.19. The molecule has 7 nitrogen and oxygen atoms in total. The standard InChI is InChI=1S/C24H36N6OS/c1-18-22(19(2)28-29-24(25)26)32-23(27-18)20-10-12-21(13-11-20)31-17-9-5-8-16-30-14-6-3-4-7-15-30/h10-13H,3-9,14-17H2,1-2H3,(H4,25,26,29)/b28-19+. The number of nitrogens with zero attached hydrogens (tertiary/aromatic N) is 4. The highest BCUT2D eigenvalue weighted by molar-refractivity contribution is 7.17. The van der Waals surface area contributed by atoms with Crippen LogP contribution in [0.5, 0.6) is 5.75 Å². The van der Waals surface area contributed by atoms with Crippen molar-refractivity contribution in [1.82, 2.24) is 9.88 Å². The maximum absolute atomic E-state index is 5.94. The third-order valence-electron chi connectivity index (χ3n) is 5.63. The summed E-state index contributed by atoms with van der Waals surface area (Å²) in [5.41, 5.74) is 13.4. The Morgan fingerprint density at radius 1 is 1.03 bits per heavy atom. The molecule has 0 amide bonds. The zero-order chi connectivity index (χ0) is 22.8. The molecule has 4 N–H and O–H groups in total. The molecule has 0 unspecified atom stereocenters. The number of likely N-dealkylation sites (tertiary alicyclic amines) is 1. The topological polar surface area (TPSA) is 102 Å². The largest absolute Gasteiger partial charge is 0.494 e. The minimum Gasteiger partial charge on any atom is -0.494 e. The molecule has 8 heteroatoms. The van der Waals surface area contributed by atoms with E-state index in [0.717, 1.165) is 45.6 Å². The number of hydrogen-bond donors (Lipinski definition) is 2. The maximum atomic E-state index is 5.94. The van der Waals surface area contributed by atoms with E-state index in [1.165, 1.54) is 58.2 Å². The summed E-state index contributed by atoms with van der Waals surface area (Å²) in [6.45, 7) is 8.41. The first-order valence-corrected chi connectivity index (χ1v) is 12.4. The minimum atomic E-state index is -0.0558. The van der Waals surface area contributed by atoms with Gasteiger partial charge >= 0.3 is 0 Å². The van der Waals surface area contributed by atoms with Gasteiger partial charge in [0.1, 0.15) is 10.8 Å². The summed E-state index contributed by atoms with van der Waals surface area (Å²) in [5.74, 6) is 0.847. The van der Waals surface area contributed by atoms with E-state index in [1.54, 1.807) is 11.3 Å².